The van der Waals surface area contributed by atoms with Crippen LogP contribution in [0.5, 0.6) is 0 Å². The van der Waals surface area contributed by atoms with Crippen molar-refractivity contribution in [3.05, 3.63) is 59.5 Å². The number of benzene rings is 1. The standard InChI is InChI=1S/C22H28N4O3/c1-2-23-21(24-16-22(28)10-9-17-6-3-4-7-18(17)22)26-13-11-25(12-14-26)20(27)19-8-5-15-29-19/h3-8,15,28H,2,9-14,16H2,1H3,(H,23,24). The molecule has 2 heterocycles. The molecule has 29 heavy (non-hydrogen) atoms. The molecule has 1 aliphatic heterocycles. The molecule has 2 aliphatic rings. The molecule has 2 N–H and O–H groups in total. The molecule has 2 aromatic rings. The zero-order chi connectivity index (χ0) is 20.3. The minimum absolute atomic E-state index is 0.0755. The van der Waals surface area contributed by atoms with E-state index in [0.29, 0.717) is 44.9 Å². The van der Waals surface area contributed by atoms with Gasteiger partial charge in [-0.3, -0.25) is 4.79 Å². The summed E-state index contributed by atoms with van der Waals surface area (Å²) in [6.45, 7) is 5.71. The molecule has 0 bridgehead atoms. The van der Waals surface area contributed by atoms with Gasteiger partial charge in [-0.15, -0.1) is 0 Å². The number of aliphatic imine (C=N–C) groups is 1. The summed E-state index contributed by atoms with van der Waals surface area (Å²) in [6, 6.07) is 11.5. The molecular formula is C22H28N4O3. The van der Waals surface area contributed by atoms with E-state index in [1.807, 2.05) is 25.1 Å². The average Bonchev–Trinajstić information content (AvgIpc) is 3.40. The number of furan rings is 1. The Morgan fingerprint density at radius 1 is 1.17 bits per heavy atom. The number of nitrogens with zero attached hydrogens (tertiary/aromatic N) is 3. The van der Waals surface area contributed by atoms with E-state index in [1.54, 1.807) is 17.0 Å². The van der Waals surface area contributed by atoms with Gasteiger partial charge in [0.05, 0.1) is 12.8 Å². The summed E-state index contributed by atoms with van der Waals surface area (Å²) in [5.74, 6) is 1.09. The SMILES string of the molecule is CCNC(=NCC1(O)CCc2ccccc21)N1CCN(C(=O)c2ccco2)CC1. The van der Waals surface area contributed by atoms with Crippen LogP contribution in [0.15, 0.2) is 52.1 Å². The zero-order valence-electron chi connectivity index (χ0n) is 16.8. The molecule has 1 unspecified atom stereocenters. The van der Waals surface area contributed by atoms with Crippen molar-refractivity contribution in [3.8, 4) is 0 Å². The van der Waals surface area contributed by atoms with Crippen LogP contribution in [-0.2, 0) is 12.0 Å². The summed E-state index contributed by atoms with van der Waals surface area (Å²) in [5, 5.41) is 14.5. The number of nitrogens with one attached hydrogen (secondary N) is 1. The first-order valence-corrected chi connectivity index (χ1v) is 10.3. The second kappa shape index (κ2) is 8.29. The van der Waals surface area contributed by atoms with E-state index in [0.717, 1.165) is 24.5 Å². The lowest BCUT2D eigenvalue weighted by Gasteiger charge is -2.36. The summed E-state index contributed by atoms with van der Waals surface area (Å²) >= 11 is 0. The predicted molar refractivity (Wildman–Crippen MR) is 111 cm³/mol. The Balaban J connectivity index is 1.41. The summed E-state index contributed by atoms with van der Waals surface area (Å²) in [5.41, 5.74) is 1.29. The van der Waals surface area contributed by atoms with E-state index < -0.39 is 5.60 Å². The molecule has 0 spiro atoms. The van der Waals surface area contributed by atoms with Crippen molar-refractivity contribution < 1.29 is 14.3 Å². The minimum Gasteiger partial charge on any atom is -0.459 e. The van der Waals surface area contributed by atoms with E-state index in [2.05, 4.69) is 16.3 Å². The number of aliphatic hydroxyl groups is 1. The van der Waals surface area contributed by atoms with Crippen LogP contribution in [-0.4, -0.2) is 66.0 Å². The van der Waals surface area contributed by atoms with Crippen LogP contribution in [0.2, 0.25) is 0 Å². The highest BCUT2D eigenvalue weighted by Gasteiger charge is 2.36. The highest BCUT2D eigenvalue weighted by molar-refractivity contribution is 5.91. The molecule has 1 atom stereocenters. The quantitative estimate of drug-likeness (QED) is 0.609. The topological polar surface area (TPSA) is 81.3 Å². The molecule has 1 fully saturated rings. The van der Waals surface area contributed by atoms with Gasteiger partial charge in [-0.2, -0.15) is 0 Å². The molecule has 1 aromatic heterocycles. The van der Waals surface area contributed by atoms with Crippen molar-refractivity contribution in [2.45, 2.75) is 25.4 Å². The van der Waals surface area contributed by atoms with Crippen molar-refractivity contribution in [3.63, 3.8) is 0 Å². The number of guanidine groups is 1. The van der Waals surface area contributed by atoms with Crippen LogP contribution in [0.3, 0.4) is 0 Å². The predicted octanol–water partition coefficient (Wildman–Crippen LogP) is 1.84. The normalized spacial score (nSPS) is 21.9. The van der Waals surface area contributed by atoms with E-state index in [-0.39, 0.29) is 5.91 Å². The summed E-state index contributed by atoms with van der Waals surface area (Å²) < 4.78 is 5.23. The van der Waals surface area contributed by atoms with Crippen molar-refractivity contribution in [1.29, 1.82) is 0 Å². The number of piperazine rings is 1. The third-order valence-electron chi connectivity index (χ3n) is 5.75. The Morgan fingerprint density at radius 3 is 2.66 bits per heavy atom. The summed E-state index contributed by atoms with van der Waals surface area (Å²) in [7, 11) is 0. The number of carbonyl (C=O) groups excluding carboxylic acids is 1. The van der Waals surface area contributed by atoms with Gasteiger partial charge >= 0.3 is 0 Å². The number of amides is 1. The minimum atomic E-state index is -0.908. The van der Waals surface area contributed by atoms with Gasteiger partial charge in [-0.25, -0.2) is 4.99 Å². The smallest absolute Gasteiger partial charge is 0.289 e. The maximum Gasteiger partial charge on any atom is 0.289 e. The van der Waals surface area contributed by atoms with Gasteiger partial charge in [0.1, 0.15) is 5.60 Å². The Morgan fingerprint density at radius 2 is 1.93 bits per heavy atom. The van der Waals surface area contributed by atoms with Gasteiger partial charge in [0.2, 0.25) is 0 Å². The largest absolute Gasteiger partial charge is 0.459 e. The molecule has 0 saturated carbocycles. The first kappa shape index (κ1) is 19.5. The maximum absolute atomic E-state index is 12.5. The van der Waals surface area contributed by atoms with Crippen LogP contribution in [0.1, 0.15) is 35.0 Å². The maximum atomic E-state index is 12.5. The van der Waals surface area contributed by atoms with E-state index >= 15 is 0 Å². The van der Waals surface area contributed by atoms with Gasteiger partial charge in [-0.05, 0) is 43.0 Å². The molecule has 1 amide bonds. The van der Waals surface area contributed by atoms with Gasteiger partial charge in [-0.1, -0.05) is 24.3 Å². The lowest BCUT2D eigenvalue weighted by molar-refractivity contribution is 0.0481. The zero-order valence-corrected chi connectivity index (χ0v) is 16.8. The van der Waals surface area contributed by atoms with Crippen molar-refractivity contribution in [2.75, 3.05) is 39.3 Å². The second-order valence-corrected chi connectivity index (χ2v) is 7.62. The van der Waals surface area contributed by atoms with Gasteiger partial charge in [0.25, 0.3) is 5.91 Å². The first-order chi connectivity index (χ1) is 14.1. The van der Waals surface area contributed by atoms with Gasteiger partial charge in [0, 0.05) is 32.7 Å². The van der Waals surface area contributed by atoms with Crippen molar-refractivity contribution >= 4 is 11.9 Å². The van der Waals surface area contributed by atoms with E-state index in [1.165, 1.54) is 11.8 Å². The average molecular weight is 396 g/mol. The van der Waals surface area contributed by atoms with Crippen LogP contribution >= 0.6 is 0 Å². The fourth-order valence-corrected chi connectivity index (χ4v) is 4.14. The van der Waals surface area contributed by atoms with Crippen LogP contribution in [0.4, 0.5) is 0 Å². The van der Waals surface area contributed by atoms with Crippen molar-refractivity contribution in [1.82, 2.24) is 15.1 Å². The fraction of sp³-hybridized carbons (Fsp3) is 0.455. The third-order valence-corrected chi connectivity index (χ3v) is 5.75. The summed E-state index contributed by atoms with van der Waals surface area (Å²) in [6.07, 6.45) is 3.10. The van der Waals surface area contributed by atoms with Gasteiger partial charge in [0.15, 0.2) is 11.7 Å². The summed E-state index contributed by atoms with van der Waals surface area (Å²) in [4.78, 5) is 21.2. The number of hydrogen-bond donors (Lipinski definition) is 2. The Bertz CT molecular complexity index is 872. The Kier molecular flexibility index (Phi) is 5.58. The molecule has 1 saturated heterocycles. The Hall–Kier alpha value is -2.80. The monoisotopic (exact) mass is 396 g/mol. The lowest BCUT2D eigenvalue weighted by atomic mass is 9.96. The van der Waals surface area contributed by atoms with E-state index in [9.17, 15) is 9.90 Å². The fourth-order valence-electron chi connectivity index (χ4n) is 4.14. The molecule has 1 aliphatic carbocycles. The molecule has 4 rings (SSSR count). The number of carbonyl (C=O) groups is 1. The highest BCUT2D eigenvalue weighted by atomic mass is 16.3. The Labute approximate surface area is 171 Å². The molecule has 7 nitrogen and oxygen atoms in total. The number of rotatable bonds is 4. The molecular weight excluding hydrogens is 368 g/mol. The molecule has 154 valence electrons. The highest BCUT2D eigenvalue weighted by Crippen LogP contribution is 2.36. The number of fused-ring (bicyclic) bond motifs is 1. The first-order valence-electron chi connectivity index (χ1n) is 10.3. The second-order valence-electron chi connectivity index (χ2n) is 7.62. The van der Waals surface area contributed by atoms with Crippen LogP contribution in [0.25, 0.3) is 0 Å². The van der Waals surface area contributed by atoms with Gasteiger partial charge < -0.3 is 24.6 Å². The van der Waals surface area contributed by atoms with Crippen molar-refractivity contribution in [2.24, 2.45) is 4.99 Å². The molecule has 7 heteroatoms. The molecule has 1 aromatic carbocycles. The lowest BCUT2D eigenvalue weighted by Crippen LogP contribution is -2.54. The molecule has 0 radical (unpaired) electrons. The van der Waals surface area contributed by atoms with Crippen LogP contribution < -0.4 is 5.32 Å². The number of aryl methyl sites for hydroxylation is 1. The van der Waals surface area contributed by atoms with E-state index in [4.69, 9.17) is 9.41 Å². The van der Waals surface area contributed by atoms with Crippen LogP contribution in [0, 0.1) is 0 Å². The third kappa shape index (κ3) is 4.00. The number of hydrogen-bond acceptors (Lipinski definition) is 4.